The van der Waals surface area contributed by atoms with E-state index in [1.807, 2.05) is 30.3 Å². The van der Waals surface area contributed by atoms with Crippen molar-refractivity contribution >= 4 is 0 Å². The van der Waals surface area contributed by atoms with Gasteiger partial charge in [-0.25, -0.2) is 0 Å². The van der Waals surface area contributed by atoms with Crippen LogP contribution in [0.15, 0.2) is 30.7 Å². The molecule has 0 bridgehead atoms. The normalized spacial score (nSPS) is 12.6. The summed E-state index contributed by atoms with van der Waals surface area (Å²) in [4.78, 5) is 4.24. The Morgan fingerprint density at radius 2 is 2.15 bits per heavy atom. The summed E-state index contributed by atoms with van der Waals surface area (Å²) in [6, 6.07) is 4.53. The number of hydrogen-bond acceptors (Lipinski definition) is 3. The second-order valence-electron chi connectivity index (χ2n) is 5.12. The monoisotopic (exact) mass is 272 g/mol. The van der Waals surface area contributed by atoms with Gasteiger partial charge in [-0.2, -0.15) is 5.10 Å². The SMILES string of the molecule is CCCNC(Cc1ccn(C)n1)c1ccncc1CC. The van der Waals surface area contributed by atoms with Gasteiger partial charge in [0.05, 0.1) is 5.69 Å². The Balaban J connectivity index is 2.22. The average molecular weight is 272 g/mol. The highest BCUT2D eigenvalue weighted by atomic mass is 15.2. The van der Waals surface area contributed by atoms with Gasteiger partial charge in [0.15, 0.2) is 0 Å². The maximum absolute atomic E-state index is 4.50. The Morgan fingerprint density at radius 3 is 2.80 bits per heavy atom. The summed E-state index contributed by atoms with van der Waals surface area (Å²) in [6.45, 7) is 5.39. The molecule has 0 radical (unpaired) electrons. The first kappa shape index (κ1) is 14.7. The Morgan fingerprint density at radius 1 is 1.30 bits per heavy atom. The van der Waals surface area contributed by atoms with Gasteiger partial charge in [0, 0.05) is 38.1 Å². The molecule has 0 fully saturated rings. The lowest BCUT2D eigenvalue weighted by molar-refractivity contribution is 0.517. The number of rotatable bonds is 7. The second-order valence-corrected chi connectivity index (χ2v) is 5.12. The van der Waals surface area contributed by atoms with Crippen LogP contribution in [0.2, 0.25) is 0 Å². The molecule has 4 heteroatoms. The quantitative estimate of drug-likeness (QED) is 0.842. The Hall–Kier alpha value is -1.68. The van der Waals surface area contributed by atoms with Crippen molar-refractivity contribution in [2.45, 2.75) is 39.2 Å². The van der Waals surface area contributed by atoms with Gasteiger partial charge in [-0.3, -0.25) is 9.67 Å². The minimum atomic E-state index is 0.308. The smallest absolute Gasteiger partial charge is 0.0643 e. The molecule has 20 heavy (non-hydrogen) atoms. The van der Waals surface area contributed by atoms with Crippen LogP contribution in [0.1, 0.15) is 43.1 Å². The average Bonchev–Trinajstić information content (AvgIpc) is 2.88. The number of nitrogens with zero attached hydrogens (tertiary/aromatic N) is 3. The molecule has 0 aromatic carbocycles. The van der Waals surface area contributed by atoms with E-state index in [-0.39, 0.29) is 0 Å². The van der Waals surface area contributed by atoms with E-state index in [0.29, 0.717) is 6.04 Å². The number of nitrogens with one attached hydrogen (secondary N) is 1. The zero-order valence-corrected chi connectivity index (χ0v) is 12.6. The van der Waals surface area contributed by atoms with Crippen molar-refractivity contribution in [1.29, 1.82) is 0 Å². The first-order valence-electron chi connectivity index (χ1n) is 7.39. The van der Waals surface area contributed by atoms with Gasteiger partial charge in [-0.1, -0.05) is 13.8 Å². The second kappa shape index (κ2) is 7.20. The predicted molar refractivity (Wildman–Crippen MR) is 81.6 cm³/mol. The number of aryl methyl sites for hydroxylation is 2. The third-order valence-corrected chi connectivity index (χ3v) is 3.52. The molecule has 1 atom stereocenters. The van der Waals surface area contributed by atoms with Crippen molar-refractivity contribution < 1.29 is 0 Å². The molecule has 0 spiro atoms. The first-order chi connectivity index (χ1) is 9.74. The van der Waals surface area contributed by atoms with Gasteiger partial charge in [0.25, 0.3) is 0 Å². The molecule has 2 aromatic rings. The van der Waals surface area contributed by atoms with Crippen LogP contribution in [0.25, 0.3) is 0 Å². The van der Waals surface area contributed by atoms with Crippen molar-refractivity contribution in [3.8, 4) is 0 Å². The standard InChI is InChI=1S/C16H24N4/c1-4-8-18-16(11-14-7-10-20(3)19-14)15-6-9-17-12-13(15)5-2/h6-7,9-10,12,16,18H,4-5,8,11H2,1-3H3. The summed E-state index contributed by atoms with van der Waals surface area (Å²) in [7, 11) is 1.96. The van der Waals surface area contributed by atoms with Gasteiger partial charge in [-0.15, -0.1) is 0 Å². The van der Waals surface area contributed by atoms with Crippen molar-refractivity contribution in [3.05, 3.63) is 47.5 Å². The fraction of sp³-hybridized carbons (Fsp3) is 0.500. The molecular weight excluding hydrogens is 248 g/mol. The van der Waals surface area contributed by atoms with Crippen LogP contribution >= 0.6 is 0 Å². The highest BCUT2D eigenvalue weighted by Gasteiger charge is 2.16. The molecule has 2 aromatic heterocycles. The molecule has 2 rings (SSSR count). The Labute approximate surface area is 121 Å². The first-order valence-corrected chi connectivity index (χ1v) is 7.39. The van der Waals surface area contributed by atoms with Gasteiger partial charge >= 0.3 is 0 Å². The maximum Gasteiger partial charge on any atom is 0.0643 e. The van der Waals surface area contributed by atoms with Crippen LogP contribution in [0, 0.1) is 0 Å². The molecule has 2 heterocycles. The number of aromatic nitrogens is 3. The molecule has 4 nitrogen and oxygen atoms in total. The fourth-order valence-corrected chi connectivity index (χ4v) is 2.47. The van der Waals surface area contributed by atoms with Crippen LogP contribution in [-0.4, -0.2) is 21.3 Å². The lowest BCUT2D eigenvalue weighted by Crippen LogP contribution is -2.25. The number of pyridine rings is 1. The molecule has 0 aliphatic carbocycles. The summed E-state index contributed by atoms with van der Waals surface area (Å²) in [6.07, 6.45) is 8.92. The zero-order valence-electron chi connectivity index (χ0n) is 12.6. The lowest BCUT2D eigenvalue weighted by Gasteiger charge is -2.20. The van der Waals surface area contributed by atoms with E-state index in [4.69, 9.17) is 0 Å². The van der Waals surface area contributed by atoms with Gasteiger partial charge in [0.1, 0.15) is 0 Å². The largest absolute Gasteiger partial charge is 0.310 e. The van der Waals surface area contributed by atoms with Crippen LogP contribution in [0.3, 0.4) is 0 Å². The summed E-state index contributed by atoms with van der Waals surface area (Å²) in [5, 5.41) is 8.14. The van der Waals surface area contributed by atoms with Crippen molar-refractivity contribution in [2.75, 3.05) is 6.54 Å². The molecule has 108 valence electrons. The van der Waals surface area contributed by atoms with E-state index in [9.17, 15) is 0 Å². The van der Waals surface area contributed by atoms with E-state index < -0.39 is 0 Å². The predicted octanol–water partition coefficient (Wildman–Crippen LogP) is 2.66. The Kier molecular flexibility index (Phi) is 5.30. The van der Waals surface area contributed by atoms with E-state index in [1.165, 1.54) is 11.1 Å². The third-order valence-electron chi connectivity index (χ3n) is 3.52. The molecule has 0 aliphatic heterocycles. The molecule has 1 N–H and O–H groups in total. The minimum absolute atomic E-state index is 0.308. The van der Waals surface area contributed by atoms with E-state index in [0.717, 1.165) is 31.5 Å². The van der Waals surface area contributed by atoms with Gasteiger partial charge in [0.2, 0.25) is 0 Å². The molecule has 0 aliphatic rings. The highest BCUT2D eigenvalue weighted by Crippen LogP contribution is 2.21. The molecule has 0 saturated heterocycles. The van der Waals surface area contributed by atoms with Crippen molar-refractivity contribution in [3.63, 3.8) is 0 Å². The maximum atomic E-state index is 4.50. The topological polar surface area (TPSA) is 42.7 Å². The molecule has 0 saturated carbocycles. The third kappa shape index (κ3) is 3.67. The minimum Gasteiger partial charge on any atom is -0.310 e. The summed E-state index contributed by atoms with van der Waals surface area (Å²) < 4.78 is 1.86. The van der Waals surface area contributed by atoms with Crippen LogP contribution < -0.4 is 5.32 Å². The van der Waals surface area contributed by atoms with E-state index >= 15 is 0 Å². The molecule has 1 unspecified atom stereocenters. The van der Waals surface area contributed by atoms with Crippen molar-refractivity contribution in [1.82, 2.24) is 20.1 Å². The van der Waals surface area contributed by atoms with E-state index in [1.54, 1.807) is 0 Å². The van der Waals surface area contributed by atoms with Crippen LogP contribution in [0.5, 0.6) is 0 Å². The van der Waals surface area contributed by atoms with E-state index in [2.05, 4.69) is 41.4 Å². The number of hydrogen-bond donors (Lipinski definition) is 1. The summed E-state index contributed by atoms with van der Waals surface area (Å²) in [5.74, 6) is 0. The molecule has 0 amide bonds. The lowest BCUT2D eigenvalue weighted by atomic mass is 9.97. The summed E-state index contributed by atoms with van der Waals surface area (Å²) >= 11 is 0. The van der Waals surface area contributed by atoms with Gasteiger partial charge < -0.3 is 5.32 Å². The highest BCUT2D eigenvalue weighted by molar-refractivity contribution is 5.28. The Bertz CT molecular complexity index is 533. The summed E-state index contributed by atoms with van der Waals surface area (Å²) in [5.41, 5.74) is 3.79. The van der Waals surface area contributed by atoms with Crippen LogP contribution in [0.4, 0.5) is 0 Å². The zero-order chi connectivity index (χ0) is 14.4. The van der Waals surface area contributed by atoms with Crippen molar-refractivity contribution in [2.24, 2.45) is 7.05 Å². The molecular formula is C16H24N4. The van der Waals surface area contributed by atoms with Gasteiger partial charge in [-0.05, 0) is 42.6 Å². The fourth-order valence-electron chi connectivity index (χ4n) is 2.47. The van der Waals surface area contributed by atoms with Crippen LogP contribution in [-0.2, 0) is 19.9 Å².